The highest BCUT2D eigenvalue weighted by Gasteiger charge is 2.34. The summed E-state index contributed by atoms with van der Waals surface area (Å²) in [5.74, 6) is -0.697. The molecule has 2 N–H and O–H groups in total. The van der Waals surface area contributed by atoms with Crippen molar-refractivity contribution < 1.29 is 27.8 Å². The van der Waals surface area contributed by atoms with Gasteiger partial charge in [-0.2, -0.15) is 0 Å². The molecule has 0 radical (unpaired) electrons. The van der Waals surface area contributed by atoms with E-state index in [1.165, 1.54) is 4.90 Å². The molecule has 8 heteroatoms. The summed E-state index contributed by atoms with van der Waals surface area (Å²) in [4.78, 5) is 23.0. The fraction of sp³-hybridized carbons (Fsp3) is 0.556. The number of hydrogen-bond donors (Lipinski definition) is 1. The first-order chi connectivity index (χ1) is 12.1. The van der Waals surface area contributed by atoms with Crippen LogP contribution >= 0.6 is 0 Å². The van der Waals surface area contributed by atoms with Gasteiger partial charge in [0.05, 0.1) is 0 Å². The van der Waals surface area contributed by atoms with Crippen LogP contribution in [0.5, 0.6) is 0 Å². The maximum absolute atomic E-state index is 12.3. The van der Waals surface area contributed by atoms with Crippen molar-refractivity contribution in [2.75, 3.05) is 13.1 Å². The molecule has 1 aromatic carbocycles. The van der Waals surface area contributed by atoms with Gasteiger partial charge in [-0.3, -0.25) is 0 Å². The zero-order valence-corrected chi connectivity index (χ0v) is 15.3. The number of hydrogen-bond acceptors (Lipinski definition) is 4. The third kappa shape index (κ3) is 8.64. The third-order valence-corrected chi connectivity index (χ3v) is 3.46. The fourth-order valence-corrected chi connectivity index (χ4v) is 2.21. The van der Waals surface area contributed by atoms with E-state index < -0.39 is 30.1 Å². The van der Waals surface area contributed by atoms with E-state index >= 15 is 0 Å². The summed E-state index contributed by atoms with van der Waals surface area (Å²) in [6, 6.07) is 9.37. The maximum atomic E-state index is 12.3. The van der Waals surface area contributed by atoms with Crippen molar-refractivity contribution in [3.05, 3.63) is 35.9 Å². The molecule has 1 aromatic rings. The van der Waals surface area contributed by atoms with Crippen LogP contribution < -0.4 is 5.73 Å². The summed E-state index contributed by atoms with van der Waals surface area (Å²) in [5.41, 5.74) is 5.15. The Balaban J connectivity index is 0.000000273. The summed E-state index contributed by atoms with van der Waals surface area (Å²) in [6.45, 7) is 5.98. The highest BCUT2D eigenvalue weighted by molar-refractivity contribution is 5.68. The van der Waals surface area contributed by atoms with E-state index in [1.54, 1.807) is 20.8 Å². The molecule has 0 bridgehead atoms. The predicted molar refractivity (Wildman–Crippen MR) is 92.7 cm³/mol. The normalized spacial score (nSPS) is 16.7. The van der Waals surface area contributed by atoms with Crippen LogP contribution in [0.25, 0.3) is 0 Å². The molecule has 0 aliphatic carbocycles. The molecule has 1 aliphatic rings. The third-order valence-electron chi connectivity index (χ3n) is 3.46. The number of primary amides is 1. The molecule has 146 valence electrons. The monoisotopic (exact) mass is 372 g/mol. The van der Waals surface area contributed by atoms with Crippen molar-refractivity contribution in [2.45, 2.75) is 45.8 Å². The molecule has 1 heterocycles. The van der Waals surface area contributed by atoms with Crippen LogP contribution in [0.15, 0.2) is 30.3 Å². The molecular formula is C18H26F2N2O4. The summed E-state index contributed by atoms with van der Waals surface area (Å²) in [7, 11) is 0. The van der Waals surface area contributed by atoms with E-state index in [0.29, 0.717) is 13.0 Å². The minimum Gasteiger partial charge on any atom is -0.445 e. The molecule has 1 saturated heterocycles. The Labute approximate surface area is 152 Å². The number of nitrogens with two attached hydrogens (primary N) is 1. The van der Waals surface area contributed by atoms with Crippen molar-refractivity contribution >= 4 is 12.2 Å². The van der Waals surface area contributed by atoms with E-state index in [9.17, 15) is 18.4 Å². The minimum absolute atomic E-state index is 0.104. The lowest BCUT2D eigenvalue weighted by Gasteiger charge is -2.24. The number of likely N-dealkylation sites (tertiary alicyclic amines) is 1. The van der Waals surface area contributed by atoms with Crippen LogP contribution in [0.4, 0.5) is 18.4 Å². The Hall–Kier alpha value is -2.38. The zero-order chi connectivity index (χ0) is 19.7. The lowest BCUT2D eigenvalue weighted by Crippen LogP contribution is -2.35. The SMILES string of the molecule is CC(C)(C)OC(=O)N1CCC(C(F)F)C1.NC(=O)OCc1ccccc1. The van der Waals surface area contributed by atoms with Gasteiger partial charge in [0.15, 0.2) is 0 Å². The van der Waals surface area contributed by atoms with Crippen LogP contribution in [0, 0.1) is 5.92 Å². The van der Waals surface area contributed by atoms with Crippen LogP contribution in [-0.4, -0.2) is 42.2 Å². The molecule has 0 spiro atoms. The summed E-state index contributed by atoms with van der Waals surface area (Å²) < 4.78 is 34.3. The van der Waals surface area contributed by atoms with Crippen LogP contribution in [-0.2, 0) is 16.1 Å². The highest BCUT2D eigenvalue weighted by Crippen LogP contribution is 2.24. The smallest absolute Gasteiger partial charge is 0.410 e. The van der Waals surface area contributed by atoms with Gasteiger partial charge >= 0.3 is 12.2 Å². The van der Waals surface area contributed by atoms with Crippen LogP contribution in [0.2, 0.25) is 0 Å². The fourth-order valence-electron chi connectivity index (χ4n) is 2.21. The Kier molecular flexibility index (Phi) is 8.28. The molecule has 1 fully saturated rings. The van der Waals surface area contributed by atoms with Gasteiger partial charge in [0.2, 0.25) is 6.43 Å². The second kappa shape index (κ2) is 9.94. The second-order valence-electron chi connectivity index (χ2n) is 6.90. The number of carbonyl (C=O) groups is 2. The Morgan fingerprint density at radius 3 is 2.35 bits per heavy atom. The lowest BCUT2D eigenvalue weighted by atomic mass is 10.1. The molecule has 6 nitrogen and oxygen atoms in total. The molecule has 2 rings (SSSR count). The first kappa shape index (κ1) is 21.7. The van der Waals surface area contributed by atoms with Gasteiger partial charge in [0, 0.05) is 19.0 Å². The number of amides is 2. The number of ether oxygens (including phenoxy) is 2. The average molecular weight is 372 g/mol. The van der Waals surface area contributed by atoms with Gasteiger partial charge in [0.25, 0.3) is 0 Å². The molecular weight excluding hydrogens is 346 g/mol. The van der Waals surface area contributed by atoms with Gasteiger partial charge in [-0.05, 0) is 32.8 Å². The first-order valence-corrected chi connectivity index (χ1v) is 8.30. The van der Waals surface area contributed by atoms with E-state index in [-0.39, 0.29) is 13.2 Å². The van der Waals surface area contributed by atoms with E-state index in [4.69, 9.17) is 10.5 Å². The molecule has 0 saturated carbocycles. The van der Waals surface area contributed by atoms with Gasteiger partial charge in [0.1, 0.15) is 12.2 Å². The van der Waals surface area contributed by atoms with Gasteiger partial charge < -0.3 is 20.1 Å². The topological polar surface area (TPSA) is 81.9 Å². The van der Waals surface area contributed by atoms with Crippen molar-refractivity contribution in [3.8, 4) is 0 Å². The summed E-state index contributed by atoms with van der Waals surface area (Å²) in [6.07, 6.45) is -3.23. The number of benzene rings is 1. The van der Waals surface area contributed by atoms with Gasteiger partial charge in [-0.25, -0.2) is 18.4 Å². The van der Waals surface area contributed by atoms with E-state index in [2.05, 4.69) is 4.74 Å². The average Bonchev–Trinajstić information content (AvgIpc) is 3.03. The Bertz CT molecular complexity index is 576. The maximum Gasteiger partial charge on any atom is 0.410 e. The zero-order valence-electron chi connectivity index (χ0n) is 15.3. The summed E-state index contributed by atoms with van der Waals surface area (Å²) in [5, 5.41) is 0. The molecule has 0 aromatic heterocycles. The number of alkyl halides is 2. The quantitative estimate of drug-likeness (QED) is 0.875. The summed E-state index contributed by atoms with van der Waals surface area (Å²) >= 11 is 0. The number of carbonyl (C=O) groups excluding carboxylic acids is 2. The van der Waals surface area contributed by atoms with Gasteiger partial charge in [-0.15, -0.1) is 0 Å². The predicted octanol–water partition coefficient (Wildman–Crippen LogP) is 3.79. The van der Waals surface area contributed by atoms with Crippen LogP contribution in [0.1, 0.15) is 32.8 Å². The number of halogens is 2. The number of nitrogens with zero attached hydrogens (tertiary/aromatic N) is 1. The second-order valence-corrected chi connectivity index (χ2v) is 6.90. The highest BCUT2D eigenvalue weighted by atomic mass is 19.3. The van der Waals surface area contributed by atoms with Crippen molar-refractivity contribution in [2.24, 2.45) is 11.7 Å². The Morgan fingerprint density at radius 1 is 1.27 bits per heavy atom. The van der Waals surface area contributed by atoms with Crippen molar-refractivity contribution in [3.63, 3.8) is 0 Å². The molecule has 26 heavy (non-hydrogen) atoms. The van der Waals surface area contributed by atoms with E-state index in [0.717, 1.165) is 5.56 Å². The molecule has 1 unspecified atom stereocenters. The first-order valence-electron chi connectivity index (χ1n) is 8.30. The van der Waals surface area contributed by atoms with Crippen molar-refractivity contribution in [1.29, 1.82) is 0 Å². The van der Waals surface area contributed by atoms with Crippen LogP contribution in [0.3, 0.4) is 0 Å². The Morgan fingerprint density at radius 2 is 1.88 bits per heavy atom. The number of rotatable bonds is 3. The van der Waals surface area contributed by atoms with E-state index in [1.807, 2.05) is 30.3 Å². The largest absolute Gasteiger partial charge is 0.445 e. The minimum atomic E-state index is -2.35. The molecule has 2 amide bonds. The molecule has 1 atom stereocenters. The molecule has 1 aliphatic heterocycles. The standard InChI is InChI=1S/C10H17F2NO2.C8H9NO2/c1-10(2,3)15-9(14)13-5-4-7(6-13)8(11)12;9-8(10)11-6-7-4-2-1-3-5-7/h7-8H,4-6H2,1-3H3;1-5H,6H2,(H2,9,10). The van der Waals surface area contributed by atoms with Gasteiger partial charge in [-0.1, -0.05) is 30.3 Å². The lowest BCUT2D eigenvalue weighted by molar-refractivity contribution is 0.0255. The van der Waals surface area contributed by atoms with Crippen molar-refractivity contribution in [1.82, 2.24) is 4.90 Å².